The Balaban J connectivity index is 3.48. The number of methoxy groups -OCH3 is 1. The average molecular weight is 247 g/mol. The zero-order valence-corrected chi connectivity index (χ0v) is 8.76. The first kappa shape index (κ1) is 12.3. The summed E-state index contributed by atoms with van der Waals surface area (Å²) < 4.78 is 29.6. The predicted molar refractivity (Wildman–Crippen MR) is 50.6 cm³/mol. The minimum absolute atomic E-state index is 0.217. The van der Waals surface area contributed by atoms with E-state index in [4.69, 9.17) is 16.9 Å². The van der Waals surface area contributed by atoms with Gasteiger partial charge in [0.25, 0.3) is 11.7 Å². The molecule has 7 heteroatoms. The minimum atomic E-state index is -2.93. The van der Waals surface area contributed by atoms with E-state index >= 15 is 0 Å². The lowest BCUT2D eigenvalue weighted by Gasteiger charge is -2.07. The van der Waals surface area contributed by atoms with Crippen molar-refractivity contribution in [1.82, 2.24) is 4.98 Å². The van der Waals surface area contributed by atoms with E-state index in [2.05, 4.69) is 9.72 Å². The van der Waals surface area contributed by atoms with Crippen molar-refractivity contribution in [2.45, 2.75) is 6.43 Å². The van der Waals surface area contributed by atoms with Crippen LogP contribution in [0.3, 0.4) is 0 Å². The number of hydrogen-bond acceptors (Lipinski definition) is 4. The molecule has 1 aromatic rings. The zero-order valence-electron chi connectivity index (χ0n) is 8.00. The Kier molecular flexibility index (Phi) is 3.74. The van der Waals surface area contributed by atoms with Crippen LogP contribution in [0, 0.1) is 11.3 Å². The van der Waals surface area contributed by atoms with E-state index in [1.54, 1.807) is 0 Å². The molecule has 0 bridgehead atoms. The number of carbonyl (C=O) groups is 1. The molecule has 1 rings (SSSR count). The fourth-order valence-electron chi connectivity index (χ4n) is 1.06. The van der Waals surface area contributed by atoms with E-state index in [9.17, 15) is 13.6 Å². The van der Waals surface area contributed by atoms with Crippen molar-refractivity contribution in [3.05, 3.63) is 22.9 Å². The third kappa shape index (κ3) is 2.25. The summed E-state index contributed by atoms with van der Waals surface area (Å²) in [6, 6.07) is 2.45. The van der Waals surface area contributed by atoms with Gasteiger partial charge in [-0.05, 0) is 17.7 Å². The second kappa shape index (κ2) is 4.86. The predicted octanol–water partition coefficient (Wildman–Crippen LogP) is 2.28. The first-order valence-corrected chi connectivity index (χ1v) is 4.36. The smallest absolute Gasteiger partial charge is 0.281 e. The van der Waals surface area contributed by atoms with Crippen LogP contribution in [0.15, 0.2) is 6.07 Å². The highest BCUT2D eigenvalue weighted by atomic mass is 35.5. The molecule has 0 aromatic carbocycles. The van der Waals surface area contributed by atoms with Crippen molar-refractivity contribution >= 4 is 16.8 Å². The molecule has 84 valence electrons. The van der Waals surface area contributed by atoms with Gasteiger partial charge in [-0.1, -0.05) is 0 Å². The molecule has 0 unspecified atom stereocenters. The second-order valence-corrected chi connectivity index (χ2v) is 3.01. The topological polar surface area (TPSA) is 63.0 Å². The molecule has 0 aliphatic carbocycles. The van der Waals surface area contributed by atoms with Crippen LogP contribution in [0.25, 0.3) is 0 Å². The van der Waals surface area contributed by atoms with Gasteiger partial charge in [0.15, 0.2) is 0 Å². The van der Waals surface area contributed by atoms with Gasteiger partial charge in [-0.15, -0.1) is 0 Å². The molecule has 0 fully saturated rings. The normalized spacial score (nSPS) is 10.0. The molecule has 1 aromatic heterocycles. The molecule has 16 heavy (non-hydrogen) atoms. The maximum Gasteiger partial charge on any atom is 0.281 e. The Bertz CT molecular complexity index is 471. The van der Waals surface area contributed by atoms with Crippen molar-refractivity contribution in [3.63, 3.8) is 0 Å². The van der Waals surface area contributed by atoms with Crippen LogP contribution in [-0.2, 0) is 0 Å². The van der Waals surface area contributed by atoms with Crippen molar-refractivity contribution < 1.29 is 18.3 Å². The lowest BCUT2D eigenvalue weighted by Crippen LogP contribution is -2.04. The molecule has 0 saturated heterocycles. The molecule has 0 atom stereocenters. The van der Waals surface area contributed by atoms with Crippen molar-refractivity contribution in [2.24, 2.45) is 0 Å². The largest absolute Gasteiger partial charge is 0.480 e. The summed E-state index contributed by atoms with van der Waals surface area (Å²) in [5.41, 5.74) is -1.36. The Morgan fingerprint density at radius 2 is 2.31 bits per heavy atom. The van der Waals surface area contributed by atoms with E-state index < -0.39 is 22.9 Å². The first-order chi connectivity index (χ1) is 7.51. The maximum atomic E-state index is 12.5. The number of nitrogens with zero attached hydrogens (tertiary/aromatic N) is 2. The Hall–Kier alpha value is -1.74. The standard InChI is InChI=1S/C9H5ClF2N2O2/c1-16-9-5(7(10)15)2-4(3-13)6(14-9)8(11)12/h2,8H,1H3. The van der Waals surface area contributed by atoms with Gasteiger partial charge < -0.3 is 4.74 Å². The fourth-order valence-corrected chi connectivity index (χ4v) is 1.20. The molecule has 0 N–H and O–H groups in total. The van der Waals surface area contributed by atoms with Crippen LogP contribution in [0.5, 0.6) is 5.88 Å². The highest BCUT2D eigenvalue weighted by Gasteiger charge is 2.21. The van der Waals surface area contributed by atoms with Gasteiger partial charge in [0, 0.05) is 0 Å². The van der Waals surface area contributed by atoms with Gasteiger partial charge in [0.2, 0.25) is 5.88 Å². The van der Waals surface area contributed by atoms with E-state index in [0.29, 0.717) is 0 Å². The highest BCUT2D eigenvalue weighted by molar-refractivity contribution is 6.68. The summed E-state index contributed by atoms with van der Waals surface area (Å²) in [6.45, 7) is 0. The van der Waals surface area contributed by atoms with Crippen molar-refractivity contribution in [3.8, 4) is 11.9 Å². The van der Waals surface area contributed by atoms with Gasteiger partial charge in [0.1, 0.15) is 11.8 Å². The van der Waals surface area contributed by atoms with E-state index in [0.717, 1.165) is 13.2 Å². The molecule has 0 saturated carbocycles. The van der Waals surface area contributed by atoms with Gasteiger partial charge in [-0.25, -0.2) is 13.8 Å². The lowest BCUT2D eigenvalue weighted by atomic mass is 10.1. The summed E-state index contributed by atoms with van der Waals surface area (Å²) in [7, 11) is 1.16. The Morgan fingerprint density at radius 3 is 2.69 bits per heavy atom. The number of alkyl halides is 2. The molecular weight excluding hydrogens is 242 g/mol. The molecular formula is C9H5ClF2N2O2. The number of hydrogen-bond donors (Lipinski definition) is 0. The van der Waals surface area contributed by atoms with Crippen LogP contribution in [0.1, 0.15) is 28.0 Å². The van der Waals surface area contributed by atoms with Crippen molar-refractivity contribution in [2.75, 3.05) is 7.11 Å². The van der Waals surface area contributed by atoms with Gasteiger partial charge in [0.05, 0.1) is 18.2 Å². The molecule has 4 nitrogen and oxygen atoms in total. The summed E-state index contributed by atoms with van der Waals surface area (Å²) in [5, 5.41) is 7.69. The van der Waals surface area contributed by atoms with Gasteiger partial charge in [-0.2, -0.15) is 5.26 Å². The van der Waals surface area contributed by atoms with Crippen LogP contribution >= 0.6 is 11.6 Å². The number of rotatable bonds is 3. The molecule has 1 heterocycles. The van der Waals surface area contributed by atoms with E-state index in [-0.39, 0.29) is 11.4 Å². The van der Waals surface area contributed by atoms with Crippen LogP contribution in [0.2, 0.25) is 0 Å². The van der Waals surface area contributed by atoms with E-state index in [1.165, 1.54) is 6.07 Å². The van der Waals surface area contributed by atoms with Gasteiger partial charge >= 0.3 is 0 Å². The zero-order chi connectivity index (χ0) is 12.3. The van der Waals surface area contributed by atoms with E-state index in [1.807, 2.05) is 0 Å². The number of nitriles is 1. The molecule has 0 aliphatic rings. The van der Waals surface area contributed by atoms with Crippen molar-refractivity contribution in [1.29, 1.82) is 5.26 Å². The lowest BCUT2D eigenvalue weighted by molar-refractivity contribution is 0.107. The second-order valence-electron chi connectivity index (χ2n) is 2.66. The maximum absolute atomic E-state index is 12.5. The number of halogens is 3. The highest BCUT2D eigenvalue weighted by Crippen LogP contribution is 2.27. The summed E-state index contributed by atoms with van der Waals surface area (Å²) >= 11 is 5.19. The summed E-state index contributed by atoms with van der Waals surface area (Å²) in [4.78, 5) is 14.3. The number of pyridine rings is 1. The average Bonchev–Trinajstić information content (AvgIpc) is 2.26. The minimum Gasteiger partial charge on any atom is -0.480 e. The Labute approximate surface area is 94.4 Å². The molecule has 0 aliphatic heterocycles. The number of ether oxygens (including phenoxy) is 1. The molecule has 0 radical (unpaired) electrons. The summed E-state index contributed by atoms with van der Waals surface area (Å²) in [5.74, 6) is -0.325. The quantitative estimate of drug-likeness (QED) is 0.768. The SMILES string of the molecule is COc1nc(C(F)F)c(C#N)cc1C(=O)Cl. The molecule has 0 amide bonds. The number of aromatic nitrogens is 1. The third-order valence-electron chi connectivity index (χ3n) is 1.75. The van der Waals surface area contributed by atoms with Gasteiger partial charge in [-0.3, -0.25) is 4.79 Å². The first-order valence-electron chi connectivity index (χ1n) is 3.98. The molecule has 0 spiro atoms. The third-order valence-corrected chi connectivity index (χ3v) is 1.95. The van der Waals surface area contributed by atoms with Crippen LogP contribution in [-0.4, -0.2) is 17.3 Å². The monoisotopic (exact) mass is 246 g/mol. The summed E-state index contributed by atoms with van der Waals surface area (Å²) in [6.07, 6.45) is -2.93. The fraction of sp³-hybridized carbons (Fsp3) is 0.222. The van der Waals surface area contributed by atoms with Crippen LogP contribution in [0.4, 0.5) is 8.78 Å². The van der Waals surface area contributed by atoms with Crippen LogP contribution < -0.4 is 4.74 Å². The Morgan fingerprint density at radius 1 is 1.69 bits per heavy atom. The number of carbonyl (C=O) groups excluding carboxylic acids is 1.